The van der Waals surface area contributed by atoms with E-state index in [1.165, 1.54) is 22.3 Å². The number of nitrogens with zero attached hydrogens (tertiary/aromatic N) is 4. The summed E-state index contributed by atoms with van der Waals surface area (Å²) in [6.07, 6.45) is 4.34. The summed E-state index contributed by atoms with van der Waals surface area (Å²) in [6.45, 7) is 6.98. The van der Waals surface area contributed by atoms with E-state index < -0.39 is 5.41 Å². The van der Waals surface area contributed by atoms with Crippen LogP contribution in [0.15, 0.2) is 188 Å². The molecule has 0 saturated carbocycles. The molecule has 242 valence electrons. The fourth-order valence-corrected chi connectivity index (χ4v) is 7.96. The molecule has 1 aliphatic carbocycles. The maximum Gasteiger partial charge on any atom is 0.164 e. The number of hydrogen-bond donors (Lipinski definition) is 0. The zero-order valence-electron chi connectivity index (χ0n) is 28.2. The SMILES string of the molecule is C=C(C1=C(/C=C\C)c2ccccc2C12c1ccccc1N(c1ccccc1)c1ccccc12)c1nc(-c2ccccc2)nc(-c2ccccc2)n1. The zero-order valence-corrected chi connectivity index (χ0v) is 28.2. The van der Waals surface area contributed by atoms with Gasteiger partial charge in [-0.25, -0.2) is 15.0 Å². The van der Waals surface area contributed by atoms with Gasteiger partial charge >= 0.3 is 0 Å². The van der Waals surface area contributed by atoms with Crippen LogP contribution in [0.2, 0.25) is 0 Å². The van der Waals surface area contributed by atoms with Crippen molar-refractivity contribution in [1.82, 2.24) is 15.0 Å². The largest absolute Gasteiger partial charge is 0.310 e. The predicted molar refractivity (Wildman–Crippen MR) is 209 cm³/mol. The molecule has 0 saturated heterocycles. The average molecular weight is 655 g/mol. The molecular formula is C47H34N4. The highest BCUT2D eigenvalue weighted by Crippen LogP contribution is 2.64. The van der Waals surface area contributed by atoms with E-state index in [4.69, 9.17) is 21.5 Å². The van der Waals surface area contributed by atoms with Crippen LogP contribution in [-0.4, -0.2) is 15.0 Å². The number of allylic oxidation sites excluding steroid dienone is 5. The Morgan fingerprint density at radius 1 is 0.549 bits per heavy atom. The number of fused-ring (bicyclic) bond motifs is 6. The van der Waals surface area contributed by atoms with Crippen LogP contribution < -0.4 is 4.90 Å². The van der Waals surface area contributed by atoms with Crippen LogP contribution in [-0.2, 0) is 5.41 Å². The highest BCUT2D eigenvalue weighted by Gasteiger charge is 2.53. The molecule has 0 amide bonds. The second-order valence-corrected chi connectivity index (χ2v) is 12.8. The number of anilines is 3. The van der Waals surface area contributed by atoms with Crippen LogP contribution in [0.5, 0.6) is 0 Å². The van der Waals surface area contributed by atoms with Gasteiger partial charge in [-0.05, 0) is 64.6 Å². The van der Waals surface area contributed by atoms with Gasteiger partial charge in [-0.1, -0.05) is 158 Å². The summed E-state index contributed by atoms with van der Waals surface area (Å²) >= 11 is 0. The summed E-state index contributed by atoms with van der Waals surface area (Å²) < 4.78 is 0. The number of rotatable bonds is 6. The second-order valence-electron chi connectivity index (χ2n) is 12.8. The Balaban J connectivity index is 1.37. The monoisotopic (exact) mass is 654 g/mol. The molecule has 0 fully saturated rings. The highest BCUT2D eigenvalue weighted by atomic mass is 15.2. The average Bonchev–Trinajstić information content (AvgIpc) is 3.49. The van der Waals surface area contributed by atoms with Gasteiger partial charge in [-0.3, -0.25) is 0 Å². The van der Waals surface area contributed by atoms with Crippen LogP contribution in [0, 0.1) is 0 Å². The van der Waals surface area contributed by atoms with E-state index in [-0.39, 0.29) is 0 Å². The number of hydrogen-bond acceptors (Lipinski definition) is 4. The van der Waals surface area contributed by atoms with Crippen LogP contribution in [0.4, 0.5) is 17.1 Å². The van der Waals surface area contributed by atoms with Crippen molar-refractivity contribution in [2.75, 3.05) is 4.90 Å². The molecule has 0 unspecified atom stereocenters. The Bertz CT molecular complexity index is 2390. The fraction of sp³-hybridized carbons (Fsp3) is 0.0426. The van der Waals surface area contributed by atoms with Crippen LogP contribution >= 0.6 is 0 Å². The number of para-hydroxylation sites is 3. The first-order chi connectivity index (χ1) is 25.2. The van der Waals surface area contributed by atoms with E-state index in [0.29, 0.717) is 17.5 Å². The van der Waals surface area contributed by atoms with Crippen molar-refractivity contribution in [1.29, 1.82) is 0 Å². The molecular weight excluding hydrogens is 621 g/mol. The third-order valence-electron chi connectivity index (χ3n) is 9.98. The van der Waals surface area contributed by atoms with E-state index in [1.807, 2.05) is 60.7 Å². The zero-order chi connectivity index (χ0) is 34.4. The number of benzene rings is 6. The summed E-state index contributed by atoms with van der Waals surface area (Å²) in [7, 11) is 0. The van der Waals surface area contributed by atoms with Gasteiger partial charge in [0.25, 0.3) is 0 Å². The van der Waals surface area contributed by atoms with Gasteiger partial charge in [0.1, 0.15) is 0 Å². The maximum absolute atomic E-state index is 5.19. The summed E-state index contributed by atoms with van der Waals surface area (Å²) in [5, 5.41) is 0. The molecule has 1 aromatic heterocycles. The van der Waals surface area contributed by atoms with E-state index in [0.717, 1.165) is 44.9 Å². The van der Waals surface area contributed by atoms with Crippen molar-refractivity contribution in [2.24, 2.45) is 0 Å². The van der Waals surface area contributed by atoms with Crippen LogP contribution in [0.3, 0.4) is 0 Å². The Morgan fingerprint density at radius 2 is 1.02 bits per heavy atom. The second kappa shape index (κ2) is 12.3. The van der Waals surface area contributed by atoms with E-state index in [2.05, 4.69) is 127 Å². The highest BCUT2D eigenvalue weighted by molar-refractivity contribution is 6.05. The smallest absolute Gasteiger partial charge is 0.164 e. The summed E-state index contributed by atoms with van der Waals surface area (Å²) in [5.74, 6) is 1.77. The van der Waals surface area contributed by atoms with Gasteiger partial charge < -0.3 is 4.90 Å². The molecule has 51 heavy (non-hydrogen) atoms. The molecule has 4 nitrogen and oxygen atoms in total. The Labute approximate surface area is 298 Å². The van der Waals surface area contributed by atoms with Gasteiger partial charge in [0.2, 0.25) is 0 Å². The molecule has 4 heteroatoms. The van der Waals surface area contributed by atoms with Crippen LogP contribution in [0.1, 0.15) is 35.0 Å². The van der Waals surface area contributed by atoms with E-state index in [1.54, 1.807) is 0 Å². The molecule has 1 aliphatic heterocycles. The van der Waals surface area contributed by atoms with Gasteiger partial charge in [-0.15, -0.1) is 0 Å². The van der Waals surface area contributed by atoms with E-state index >= 15 is 0 Å². The molecule has 2 aliphatic rings. The fourth-order valence-electron chi connectivity index (χ4n) is 7.96. The third kappa shape index (κ3) is 4.72. The Kier molecular flexibility index (Phi) is 7.36. The van der Waals surface area contributed by atoms with Crippen molar-refractivity contribution < 1.29 is 0 Å². The molecule has 9 rings (SSSR count). The van der Waals surface area contributed by atoms with E-state index in [9.17, 15) is 0 Å². The minimum Gasteiger partial charge on any atom is -0.310 e. The Morgan fingerprint density at radius 3 is 1.57 bits per heavy atom. The predicted octanol–water partition coefficient (Wildman–Crippen LogP) is 11.4. The van der Waals surface area contributed by atoms with Crippen LogP contribution in [0.25, 0.3) is 33.9 Å². The molecule has 0 bridgehead atoms. The molecule has 0 N–H and O–H groups in total. The Hall–Kier alpha value is -6.65. The van der Waals surface area contributed by atoms with Gasteiger partial charge in [0, 0.05) is 22.4 Å². The van der Waals surface area contributed by atoms with Crippen molar-refractivity contribution in [3.63, 3.8) is 0 Å². The summed E-state index contributed by atoms with van der Waals surface area (Å²) in [6, 6.07) is 57.2. The van der Waals surface area contributed by atoms with Gasteiger partial charge in [0.05, 0.1) is 16.8 Å². The molecule has 0 atom stereocenters. The quantitative estimate of drug-likeness (QED) is 0.179. The van der Waals surface area contributed by atoms with Crippen molar-refractivity contribution in [3.05, 3.63) is 216 Å². The molecule has 0 radical (unpaired) electrons. The lowest BCUT2D eigenvalue weighted by atomic mass is 9.62. The van der Waals surface area contributed by atoms with Gasteiger partial charge in [-0.2, -0.15) is 0 Å². The lowest BCUT2D eigenvalue weighted by Gasteiger charge is -2.46. The first-order valence-corrected chi connectivity index (χ1v) is 17.3. The number of aromatic nitrogens is 3. The van der Waals surface area contributed by atoms with Crippen molar-refractivity contribution >= 4 is 28.2 Å². The summed E-state index contributed by atoms with van der Waals surface area (Å²) in [5.41, 5.74) is 12.1. The molecule has 2 heterocycles. The lowest BCUT2D eigenvalue weighted by Crippen LogP contribution is -2.37. The third-order valence-corrected chi connectivity index (χ3v) is 9.98. The standard InChI is InChI=1S/C47H34N4/c1-3-19-37-36-26-13-14-27-38(36)47(39-28-15-17-30-41(39)51(35-24-11-6-12-25-35)42-31-18-16-29-40(42)47)43(37)32(2)44-48-45(33-20-7-4-8-21-33)50-46(49-44)34-22-9-5-10-23-34/h3-31H,2H2,1H3/b19-3-. The molecule has 7 aromatic rings. The maximum atomic E-state index is 5.19. The minimum atomic E-state index is -0.715. The molecule has 1 spiro atoms. The van der Waals surface area contributed by atoms with Crippen molar-refractivity contribution in [2.45, 2.75) is 12.3 Å². The van der Waals surface area contributed by atoms with Crippen molar-refractivity contribution in [3.8, 4) is 22.8 Å². The summed E-state index contributed by atoms with van der Waals surface area (Å²) in [4.78, 5) is 17.8. The normalized spacial score (nSPS) is 14.0. The minimum absolute atomic E-state index is 0.548. The van der Waals surface area contributed by atoms with Gasteiger partial charge in [0.15, 0.2) is 17.5 Å². The lowest BCUT2D eigenvalue weighted by molar-refractivity contribution is 0.748. The molecule has 6 aromatic carbocycles. The first kappa shape index (κ1) is 30.4. The first-order valence-electron chi connectivity index (χ1n) is 17.3. The topological polar surface area (TPSA) is 41.9 Å².